The van der Waals surface area contributed by atoms with Crippen LogP contribution < -0.4 is 5.32 Å². The van der Waals surface area contributed by atoms with Crippen molar-refractivity contribution in [2.45, 2.75) is 43.6 Å². The van der Waals surface area contributed by atoms with Crippen LogP contribution in [-0.4, -0.2) is 45.9 Å². The van der Waals surface area contributed by atoms with Crippen LogP contribution in [0.2, 0.25) is 0 Å². The third-order valence-electron chi connectivity index (χ3n) is 6.58. The number of aromatic nitrogens is 2. The lowest BCUT2D eigenvalue weighted by Gasteiger charge is -2.44. The molecule has 2 aliphatic rings. The van der Waals surface area contributed by atoms with Crippen LogP contribution in [0.1, 0.15) is 43.4 Å². The van der Waals surface area contributed by atoms with E-state index in [0.717, 1.165) is 50.3 Å². The number of piperidine rings is 1. The number of nitrogens with zero attached hydrogens (tertiary/aromatic N) is 3. The second kappa shape index (κ2) is 7.33. The van der Waals surface area contributed by atoms with Crippen molar-refractivity contribution in [2.75, 3.05) is 19.6 Å². The molecule has 2 aliphatic heterocycles. The van der Waals surface area contributed by atoms with Gasteiger partial charge < -0.3 is 10.2 Å². The van der Waals surface area contributed by atoms with Crippen molar-refractivity contribution in [3.05, 3.63) is 59.4 Å². The molecule has 1 atom stereocenters. The second-order valence-electron chi connectivity index (χ2n) is 8.03. The normalized spacial score (nSPS) is 23.4. The molecule has 2 saturated heterocycles. The molecule has 0 spiro atoms. The van der Waals surface area contributed by atoms with E-state index >= 15 is 0 Å². The molecule has 146 valence electrons. The van der Waals surface area contributed by atoms with E-state index in [1.807, 2.05) is 0 Å². The van der Waals surface area contributed by atoms with Crippen molar-refractivity contribution in [2.24, 2.45) is 0 Å². The lowest BCUT2D eigenvalue weighted by molar-refractivity contribution is -0.120. The molecule has 1 amide bonds. The zero-order valence-electron chi connectivity index (χ0n) is 16.0. The van der Waals surface area contributed by atoms with E-state index in [2.05, 4.69) is 62.7 Å². The molecule has 0 radical (unpaired) electrons. The summed E-state index contributed by atoms with van der Waals surface area (Å²) in [4.78, 5) is 20.4. The largest absolute Gasteiger partial charge is 0.356 e. The maximum absolute atomic E-state index is 11.7. The highest BCUT2D eigenvalue weighted by atomic mass is 32.1. The first-order chi connectivity index (χ1) is 13.7. The highest BCUT2D eigenvalue weighted by Crippen LogP contribution is 2.42. The van der Waals surface area contributed by atoms with Crippen molar-refractivity contribution in [1.82, 2.24) is 19.6 Å². The van der Waals surface area contributed by atoms with E-state index in [9.17, 15) is 4.79 Å². The highest BCUT2D eigenvalue weighted by molar-refractivity contribution is 7.15. The highest BCUT2D eigenvalue weighted by Gasteiger charge is 2.41. The Morgan fingerprint density at radius 3 is 2.75 bits per heavy atom. The molecule has 3 aromatic rings. The fourth-order valence-electron chi connectivity index (χ4n) is 4.95. The molecule has 1 N–H and O–H groups in total. The number of rotatable bonds is 3. The van der Waals surface area contributed by atoms with E-state index < -0.39 is 0 Å². The molecule has 2 aromatic heterocycles. The van der Waals surface area contributed by atoms with Gasteiger partial charge in [0.15, 0.2) is 4.96 Å². The lowest BCUT2D eigenvalue weighted by Crippen LogP contribution is -2.47. The van der Waals surface area contributed by atoms with Gasteiger partial charge in [-0.25, -0.2) is 4.98 Å². The molecule has 0 aliphatic carbocycles. The predicted octanol–water partition coefficient (Wildman–Crippen LogP) is 3.45. The van der Waals surface area contributed by atoms with Crippen molar-refractivity contribution < 1.29 is 4.79 Å². The van der Waals surface area contributed by atoms with E-state index in [4.69, 9.17) is 4.98 Å². The van der Waals surface area contributed by atoms with E-state index in [-0.39, 0.29) is 11.3 Å². The van der Waals surface area contributed by atoms with Gasteiger partial charge in [0, 0.05) is 42.2 Å². The Hall–Kier alpha value is -2.18. The fourth-order valence-corrected chi connectivity index (χ4v) is 5.65. The summed E-state index contributed by atoms with van der Waals surface area (Å²) in [5, 5.41) is 5.10. The summed E-state index contributed by atoms with van der Waals surface area (Å²) in [6.45, 7) is 2.92. The van der Waals surface area contributed by atoms with Gasteiger partial charge in [-0.15, -0.1) is 11.3 Å². The Labute approximate surface area is 169 Å². The standard InChI is InChI=1S/C22H26N4OS/c27-20-7-6-18(8-11-23-20)25-12-9-22(10-13-25,17-4-2-1-3-5-17)19-16-26-14-15-28-21(26)24-19/h1-5,14-16,18H,6-13H2,(H,23,27). The summed E-state index contributed by atoms with van der Waals surface area (Å²) in [5.41, 5.74) is 2.54. The monoisotopic (exact) mass is 394 g/mol. The average molecular weight is 395 g/mol. The summed E-state index contributed by atoms with van der Waals surface area (Å²) in [6, 6.07) is 11.4. The average Bonchev–Trinajstić information content (AvgIpc) is 3.27. The minimum absolute atomic E-state index is 0.0255. The van der Waals surface area contributed by atoms with Crippen molar-refractivity contribution >= 4 is 22.2 Å². The molecular formula is C22H26N4OS. The zero-order chi connectivity index (χ0) is 19.0. The van der Waals surface area contributed by atoms with Gasteiger partial charge in [0.25, 0.3) is 0 Å². The molecule has 4 heterocycles. The number of carbonyl (C=O) groups excluding carboxylic acids is 1. The summed E-state index contributed by atoms with van der Waals surface area (Å²) < 4.78 is 2.15. The van der Waals surface area contributed by atoms with Gasteiger partial charge in [-0.2, -0.15) is 0 Å². The van der Waals surface area contributed by atoms with Crippen LogP contribution in [0.4, 0.5) is 0 Å². The van der Waals surface area contributed by atoms with Gasteiger partial charge in [0.05, 0.1) is 5.69 Å². The summed E-state index contributed by atoms with van der Waals surface area (Å²) >= 11 is 1.69. The topological polar surface area (TPSA) is 49.6 Å². The molecular weight excluding hydrogens is 368 g/mol. The first-order valence-corrected chi connectivity index (χ1v) is 11.1. The lowest BCUT2D eigenvalue weighted by atomic mass is 9.70. The third-order valence-corrected chi connectivity index (χ3v) is 7.35. The molecule has 2 fully saturated rings. The van der Waals surface area contributed by atoms with Gasteiger partial charge in [0.2, 0.25) is 5.91 Å². The van der Waals surface area contributed by atoms with Crippen LogP contribution in [0, 0.1) is 0 Å². The van der Waals surface area contributed by atoms with Crippen molar-refractivity contribution in [3.63, 3.8) is 0 Å². The Kier molecular flexibility index (Phi) is 4.69. The minimum atomic E-state index is -0.0255. The zero-order valence-corrected chi connectivity index (χ0v) is 16.8. The maximum Gasteiger partial charge on any atom is 0.220 e. The quantitative estimate of drug-likeness (QED) is 0.740. The number of hydrogen-bond acceptors (Lipinski definition) is 4. The fraction of sp³-hybridized carbons (Fsp3) is 0.455. The maximum atomic E-state index is 11.7. The van der Waals surface area contributed by atoms with E-state index in [1.54, 1.807) is 11.3 Å². The van der Waals surface area contributed by atoms with Crippen molar-refractivity contribution in [1.29, 1.82) is 0 Å². The van der Waals surface area contributed by atoms with E-state index in [0.29, 0.717) is 12.5 Å². The number of benzene rings is 1. The predicted molar refractivity (Wildman–Crippen MR) is 112 cm³/mol. The van der Waals surface area contributed by atoms with Crippen LogP contribution in [0.5, 0.6) is 0 Å². The Bertz CT molecular complexity index is 927. The minimum Gasteiger partial charge on any atom is -0.356 e. The molecule has 6 heteroatoms. The van der Waals surface area contributed by atoms with Crippen LogP contribution in [-0.2, 0) is 10.2 Å². The summed E-state index contributed by atoms with van der Waals surface area (Å²) in [5.74, 6) is 0.205. The molecule has 5 rings (SSSR count). The first kappa shape index (κ1) is 17.9. The Morgan fingerprint density at radius 2 is 1.96 bits per heavy atom. The number of likely N-dealkylation sites (tertiary alicyclic amines) is 1. The summed E-state index contributed by atoms with van der Waals surface area (Å²) in [6.07, 6.45) is 9.15. The Morgan fingerprint density at radius 1 is 1.14 bits per heavy atom. The number of thiazole rings is 1. The van der Waals surface area contributed by atoms with Gasteiger partial charge in [-0.1, -0.05) is 30.3 Å². The van der Waals surface area contributed by atoms with Crippen molar-refractivity contribution in [3.8, 4) is 0 Å². The first-order valence-electron chi connectivity index (χ1n) is 10.2. The van der Waals surface area contributed by atoms with Gasteiger partial charge in [-0.3, -0.25) is 9.20 Å². The van der Waals surface area contributed by atoms with Gasteiger partial charge in [-0.05, 0) is 44.3 Å². The van der Waals surface area contributed by atoms with E-state index in [1.165, 1.54) is 11.3 Å². The SMILES string of the molecule is O=C1CCC(N2CCC(c3ccccc3)(c3cn4ccsc4n3)CC2)CCN1. The van der Waals surface area contributed by atoms with Gasteiger partial charge >= 0.3 is 0 Å². The summed E-state index contributed by atoms with van der Waals surface area (Å²) in [7, 11) is 0. The Balaban J connectivity index is 1.43. The van der Waals surface area contributed by atoms with Crippen LogP contribution in [0.15, 0.2) is 48.1 Å². The van der Waals surface area contributed by atoms with Crippen LogP contribution >= 0.6 is 11.3 Å². The number of amides is 1. The molecule has 5 nitrogen and oxygen atoms in total. The van der Waals surface area contributed by atoms with Crippen LogP contribution in [0.25, 0.3) is 4.96 Å². The van der Waals surface area contributed by atoms with Gasteiger partial charge in [0.1, 0.15) is 0 Å². The number of hydrogen-bond donors (Lipinski definition) is 1. The molecule has 1 aromatic carbocycles. The number of imidazole rings is 1. The van der Waals surface area contributed by atoms with Crippen LogP contribution in [0.3, 0.4) is 0 Å². The smallest absolute Gasteiger partial charge is 0.220 e. The molecule has 0 saturated carbocycles. The molecule has 0 bridgehead atoms. The molecule has 28 heavy (non-hydrogen) atoms. The second-order valence-corrected chi connectivity index (χ2v) is 8.91. The number of carbonyl (C=O) groups is 1. The number of fused-ring (bicyclic) bond motifs is 1. The number of nitrogens with one attached hydrogen (secondary N) is 1. The third kappa shape index (κ3) is 3.14. The molecule has 1 unspecified atom stereocenters.